The molecule has 0 saturated heterocycles. The number of hydrogen-bond donors (Lipinski definition) is 0. The van der Waals surface area contributed by atoms with E-state index in [9.17, 15) is 0 Å². The first-order valence-electron chi connectivity index (χ1n) is 3.52. The lowest BCUT2D eigenvalue weighted by Crippen LogP contribution is -1.71. The molecule has 12 heavy (non-hydrogen) atoms. The van der Waals surface area contributed by atoms with Crippen molar-refractivity contribution in [3.8, 4) is 0 Å². The molecule has 60 valence electrons. The van der Waals surface area contributed by atoms with Crippen molar-refractivity contribution in [1.82, 2.24) is 0 Å². The van der Waals surface area contributed by atoms with Crippen LogP contribution in [0.3, 0.4) is 0 Å². The summed E-state index contributed by atoms with van der Waals surface area (Å²) in [7, 11) is 0. The quantitative estimate of drug-likeness (QED) is 0.616. The fraction of sp³-hybridized carbons (Fsp3) is 0. The molecule has 1 aliphatic rings. The lowest BCUT2D eigenvalue weighted by atomic mass is 10.3. The van der Waals surface area contributed by atoms with Crippen molar-refractivity contribution in [2.24, 2.45) is 4.99 Å². The smallest absolute Gasteiger partial charge is 0.0769 e. The Morgan fingerprint density at radius 2 is 2.25 bits per heavy atom. The molecule has 0 aromatic heterocycles. The van der Waals surface area contributed by atoms with Crippen LogP contribution in [0.15, 0.2) is 39.6 Å². The maximum Gasteiger partial charge on any atom is 0.0769 e. The zero-order valence-corrected chi connectivity index (χ0v) is 7.77. The second-order valence-electron chi connectivity index (χ2n) is 2.34. The third-order valence-electron chi connectivity index (χ3n) is 1.50. The highest BCUT2D eigenvalue weighted by atomic mass is 35.5. The van der Waals surface area contributed by atoms with Crippen molar-refractivity contribution >= 4 is 35.3 Å². The third kappa shape index (κ3) is 1.54. The molecule has 0 bridgehead atoms. The molecule has 0 N–H and O–H groups in total. The van der Waals surface area contributed by atoms with Crippen molar-refractivity contribution in [1.29, 1.82) is 0 Å². The maximum atomic E-state index is 5.84. The Morgan fingerprint density at radius 3 is 3.17 bits per heavy atom. The Kier molecular flexibility index (Phi) is 2.19. The van der Waals surface area contributed by atoms with E-state index in [4.69, 9.17) is 11.6 Å². The van der Waals surface area contributed by atoms with Crippen LogP contribution >= 0.6 is 23.4 Å². The summed E-state index contributed by atoms with van der Waals surface area (Å²) < 4.78 is 0. The molecule has 1 aromatic carbocycles. The number of halogens is 1. The predicted molar refractivity (Wildman–Crippen MR) is 54.6 cm³/mol. The summed E-state index contributed by atoms with van der Waals surface area (Å²) in [6.07, 6.45) is 3.70. The molecule has 3 heteroatoms. The minimum Gasteiger partial charge on any atom is -0.256 e. The van der Waals surface area contributed by atoms with E-state index >= 15 is 0 Å². The number of fused-ring (bicyclic) bond motifs is 1. The van der Waals surface area contributed by atoms with Crippen LogP contribution in [0.5, 0.6) is 0 Å². The summed E-state index contributed by atoms with van der Waals surface area (Å²) in [4.78, 5) is 5.34. The topological polar surface area (TPSA) is 12.4 Å². The van der Waals surface area contributed by atoms with Gasteiger partial charge < -0.3 is 0 Å². The Morgan fingerprint density at radius 1 is 1.33 bits per heavy atom. The summed E-state index contributed by atoms with van der Waals surface area (Å²) in [5, 5.41) is 2.75. The van der Waals surface area contributed by atoms with Gasteiger partial charge in [-0.25, -0.2) is 0 Å². The lowest BCUT2D eigenvalue weighted by Gasteiger charge is -2.00. The van der Waals surface area contributed by atoms with Crippen LogP contribution < -0.4 is 0 Å². The summed E-state index contributed by atoms with van der Waals surface area (Å²) in [5.41, 5.74) is 0.981. The summed E-state index contributed by atoms with van der Waals surface area (Å²) in [5.74, 6) is 0. The minimum atomic E-state index is 0.756. The van der Waals surface area contributed by atoms with Gasteiger partial charge in [0, 0.05) is 16.1 Å². The molecule has 0 aliphatic carbocycles. The van der Waals surface area contributed by atoms with Crippen molar-refractivity contribution in [3.05, 3.63) is 34.7 Å². The molecule has 2 rings (SSSR count). The SMILES string of the molecule is Clc1ccc2c(c1)SC=CC=N2. The number of allylic oxidation sites excluding steroid dienone is 1. The normalized spacial score (nSPS) is 14.1. The van der Waals surface area contributed by atoms with Crippen LogP contribution in [0.25, 0.3) is 0 Å². The number of rotatable bonds is 0. The Balaban J connectivity index is 2.53. The van der Waals surface area contributed by atoms with Crippen LogP contribution in [0.2, 0.25) is 5.02 Å². The summed E-state index contributed by atoms with van der Waals surface area (Å²) in [6.45, 7) is 0. The van der Waals surface area contributed by atoms with Crippen molar-refractivity contribution < 1.29 is 0 Å². The molecule has 1 aromatic rings. The van der Waals surface area contributed by atoms with E-state index in [-0.39, 0.29) is 0 Å². The van der Waals surface area contributed by atoms with E-state index in [1.807, 2.05) is 29.7 Å². The Bertz CT molecular complexity index is 358. The molecule has 0 unspecified atom stereocenters. The van der Waals surface area contributed by atoms with E-state index in [1.165, 1.54) is 0 Å². The zero-order chi connectivity index (χ0) is 8.39. The average molecular weight is 196 g/mol. The van der Waals surface area contributed by atoms with Gasteiger partial charge in [0.25, 0.3) is 0 Å². The number of thioether (sulfide) groups is 1. The number of hydrogen-bond acceptors (Lipinski definition) is 2. The van der Waals surface area contributed by atoms with E-state index in [0.717, 1.165) is 15.6 Å². The van der Waals surface area contributed by atoms with Crippen molar-refractivity contribution in [2.45, 2.75) is 4.90 Å². The highest BCUT2D eigenvalue weighted by molar-refractivity contribution is 8.02. The van der Waals surface area contributed by atoms with E-state index < -0.39 is 0 Å². The van der Waals surface area contributed by atoms with Crippen LogP contribution in [-0.2, 0) is 0 Å². The molecule has 1 heterocycles. The maximum absolute atomic E-state index is 5.84. The third-order valence-corrected chi connectivity index (χ3v) is 2.60. The van der Waals surface area contributed by atoms with Gasteiger partial charge in [-0.2, -0.15) is 0 Å². The largest absolute Gasteiger partial charge is 0.256 e. The van der Waals surface area contributed by atoms with E-state index in [0.29, 0.717) is 0 Å². The second-order valence-corrected chi connectivity index (χ2v) is 3.72. The molecular formula is C9H6ClNS. The first kappa shape index (κ1) is 7.90. The summed E-state index contributed by atoms with van der Waals surface area (Å²) >= 11 is 7.47. The van der Waals surface area contributed by atoms with Gasteiger partial charge in [-0.3, -0.25) is 4.99 Å². The molecule has 0 fully saturated rings. The number of aliphatic imine (C=N–C) groups is 1. The van der Waals surface area contributed by atoms with Gasteiger partial charge in [0.15, 0.2) is 0 Å². The van der Waals surface area contributed by atoms with Crippen LogP contribution in [0, 0.1) is 0 Å². The molecule has 0 radical (unpaired) electrons. The Labute approximate surface area is 80.2 Å². The highest BCUT2D eigenvalue weighted by Crippen LogP contribution is 2.33. The molecule has 1 aliphatic heterocycles. The standard InChI is InChI=1S/C9H6ClNS/c10-7-2-3-8-9(6-7)12-5-1-4-11-8/h1-6H. The van der Waals surface area contributed by atoms with Crippen LogP contribution in [-0.4, -0.2) is 6.21 Å². The monoisotopic (exact) mass is 195 g/mol. The van der Waals surface area contributed by atoms with E-state index in [1.54, 1.807) is 18.0 Å². The van der Waals surface area contributed by atoms with Gasteiger partial charge in [0.05, 0.1) is 5.69 Å². The molecule has 0 spiro atoms. The minimum absolute atomic E-state index is 0.756. The molecule has 0 atom stereocenters. The molecule has 0 amide bonds. The Hall–Kier alpha value is -0.730. The fourth-order valence-corrected chi connectivity index (χ4v) is 1.93. The van der Waals surface area contributed by atoms with Gasteiger partial charge in [-0.15, -0.1) is 0 Å². The average Bonchev–Trinajstić information content (AvgIpc) is 2.28. The predicted octanol–water partition coefficient (Wildman–Crippen LogP) is 3.66. The van der Waals surface area contributed by atoms with Crippen molar-refractivity contribution in [3.63, 3.8) is 0 Å². The van der Waals surface area contributed by atoms with Gasteiger partial charge in [0.1, 0.15) is 0 Å². The van der Waals surface area contributed by atoms with Crippen LogP contribution in [0.1, 0.15) is 0 Å². The van der Waals surface area contributed by atoms with E-state index in [2.05, 4.69) is 4.99 Å². The van der Waals surface area contributed by atoms with Crippen LogP contribution in [0.4, 0.5) is 5.69 Å². The molecule has 1 nitrogen and oxygen atoms in total. The zero-order valence-electron chi connectivity index (χ0n) is 6.20. The van der Waals surface area contributed by atoms with Gasteiger partial charge >= 0.3 is 0 Å². The lowest BCUT2D eigenvalue weighted by molar-refractivity contribution is 1.39. The van der Waals surface area contributed by atoms with Crippen molar-refractivity contribution in [2.75, 3.05) is 0 Å². The second kappa shape index (κ2) is 3.33. The fourth-order valence-electron chi connectivity index (χ4n) is 0.960. The van der Waals surface area contributed by atoms with Gasteiger partial charge in [0.2, 0.25) is 0 Å². The van der Waals surface area contributed by atoms with Gasteiger partial charge in [-0.1, -0.05) is 23.4 Å². The highest BCUT2D eigenvalue weighted by Gasteiger charge is 2.02. The summed E-state index contributed by atoms with van der Waals surface area (Å²) in [6, 6.07) is 5.70. The number of nitrogens with zero attached hydrogens (tertiary/aromatic N) is 1. The number of benzene rings is 1. The molecular weight excluding hydrogens is 190 g/mol. The first-order chi connectivity index (χ1) is 5.86. The molecule has 0 saturated carbocycles. The van der Waals surface area contributed by atoms with Gasteiger partial charge in [-0.05, 0) is 29.7 Å². The first-order valence-corrected chi connectivity index (χ1v) is 4.77.